The van der Waals surface area contributed by atoms with Gasteiger partial charge in [-0.05, 0) is 93.7 Å². The summed E-state index contributed by atoms with van der Waals surface area (Å²) in [5.41, 5.74) is 8.64. The number of hydrogen-bond donors (Lipinski definition) is 2. The van der Waals surface area contributed by atoms with E-state index in [1.807, 2.05) is 0 Å². The van der Waals surface area contributed by atoms with Crippen molar-refractivity contribution in [1.29, 1.82) is 0 Å². The normalized spacial score (nSPS) is 19.1. The molecule has 4 aliphatic heterocycles. The molecule has 0 spiro atoms. The number of hydrogen-bond acceptors (Lipinski definition) is 5. The highest BCUT2D eigenvalue weighted by molar-refractivity contribution is 7.85. The highest BCUT2D eigenvalue weighted by Gasteiger charge is 2.44. The minimum Gasteiger partial charge on any atom is -0.481 e. The average molecular weight is 660 g/mol. The summed E-state index contributed by atoms with van der Waals surface area (Å²) < 4.78 is 42.8. The molecule has 250 valence electrons. The van der Waals surface area contributed by atoms with Gasteiger partial charge in [0, 0.05) is 66.9 Å². The SMILES string of the molecule is CC(C)CC1=C/C(=C/C=C/C2=[N+](CCCCCC(=O)O)c3ccc(S(=O)(=O)O)cc3C2(C)C)c2cc3c4c(c2O1)CCCN4CCC3. The van der Waals surface area contributed by atoms with Crippen molar-refractivity contribution in [1.82, 2.24) is 0 Å². The molecule has 8 nitrogen and oxygen atoms in total. The van der Waals surface area contributed by atoms with Crippen LogP contribution in [0.4, 0.5) is 11.4 Å². The third-order valence-electron chi connectivity index (χ3n) is 9.91. The Morgan fingerprint density at radius 1 is 1.11 bits per heavy atom. The lowest BCUT2D eigenvalue weighted by Crippen LogP contribution is -2.35. The number of aryl methyl sites for hydroxylation is 1. The molecule has 0 saturated heterocycles. The van der Waals surface area contributed by atoms with Gasteiger partial charge in [0.15, 0.2) is 5.71 Å². The van der Waals surface area contributed by atoms with Gasteiger partial charge in [0.1, 0.15) is 18.1 Å². The van der Waals surface area contributed by atoms with E-state index < -0.39 is 21.5 Å². The predicted octanol–water partition coefficient (Wildman–Crippen LogP) is 7.62. The second-order valence-corrected chi connectivity index (χ2v) is 15.7. The Bertz CT molecular complexity index is 1830. The van der Waals surface area contributed by atoms with Crippen LogP contribution in [-0.4, -0.2) is 54.0 Å². The third kappa shape index (κ3) is 6.70. The summed E-state index contributed by atoms with van der Waals surface area (Å²) >= 11 is 0. The smallest absolute Gasteiger partial charge is 0.303 e. The molecule has 0 aliphatic carbocycles. The van der Waals surface area contributed by atoms with Crippen molar-refractivity contribution in [2.45, 2.75) is 95.8 Å². The molecule has 9 heteroatoms. The Hall–Kier alpha value is -3.69. The Morgan fingerprint density at radius 3 is 2.60 bits per heavy atom. The van der Waals surface area contributed by atoms with Gasteiger partial charge in [-0.15, -0.1) is 0 Å². The number of unbranched alkanes of at least 4 members (excludes halogenated alkanes) is 2. The number of benzene rings is 2. The quantitative estimate of drug-likeness (QED) is 0.145. The van der Waals surface area contributed by atoms with Crippen molar-refractivity contribution < 1.29 is 32.2 Å². The van der Waals surface area contributed by atoms with E-state index in [0.29, 0.717) is 18.9 Å². The van der Waals surface area contributed by atoms with Gasteiger partial charge in [-0.2, -0.15) is 13.0 Å². The molecule has 6 rings (SSSR count). The number of ether oxygens (including phenoxy) is 1. The molecule has 2 aromatic rings. The lowest BCUT2D eigenvalue weighted by Gasteiger charge is -2.39. The first kappa shape index (κ1) is 33.2. The fourth-order valence-corrected chi connectivity index (χ4v) is 8.24. The summed E-state index contributed by atoms with van der Waals surface area (Å²) in [5, 5.41) is 9.07. The molecule has 0 fully saturated rings. The number of allylic oxidation sites excluding steroid dienone is 6. The van der Waals surface area contributed by atoms with E-state index >= 15 is 0 Å². The minimum atomic E-state index is -4.36. The summed E-state index contributed by atoms with van der Waals surface area (Å²) in [6, 6.07) is 7.14. The first-order chi connectivity index (χ1) is 22.3. The molecule has 0 aromatic heterocycles. The van der Waals surface area contributed by atoms with E-state index in [9.17, 15) is 17.8 Å². The molecule has 47 heavy (non-hydrogen) atoms. The fraction of sp³-hybridized carbons (Fsp3) is 0.474. The van der Waals surface area contributed by atoms with Gasteiger partial charge in [0.05, 0.1) is 10.3 Å². The maximum atomic E-state index is 12.1. The van der Waals surface area contributed by atoms with Crippen LogP contribution in [0.2, 0.25) is 0 Å². The second kappa shape index (κ2) is 13.1. The minimum absolute atomic E-state index is 0.120. The summed E-state index contributed by atoms with van der Waals surface area (Å²) in [7, 11) is -4.36. The van der Waals surface area contributed by atoms with Gasteiger partial charge >= 0.3 is 5.97 Å². The number of carbonyl (C=O) groups is 1. The highest BCUT2D eigenvalue weighted by atomic mass is 32.2. The predicted molar refractivity (Wildman–Crippen MR) is 186 cm³/mol. The van der Waals surface area contributed by atoms with Crippen LogP contribution in [0.25, 0.3) is 5.57 Å². The van der Waals surface area contributed by atoms with Crippen LogP contribution in [-0.2, 0) is 33.2 Å². The Balaban J connectivity index is 1.40. The number of rotatable bonds is 11. The summed E-state index contributed by atoms with van der Waals surface area (Å²) in [5.74, 6) is 1.66. The van der Waals surface area contributed by atoms with Crippen molar-refractivity contribution >= 4 is 38.7 Å². The molecule has 0 radical (unpaired) electrons. The fourth-order valence-electron chi connectivity index (χ4n) is 7.74. The number of anilines is 1. The lowest BCUT2D eigenvalue weighted by molar-refractivity contribution is -0.438. The van der Waals surface area contributed by atoms with Crippen LogP contribution in [0.15, 0.2) is 59.2 Å². The number of nitrogens with zero attached hydrogens (tertiary/aromatic N) is 2. The highest BCUT2D eigenvalue weighted by Crippen LogP contribution is 2.48. The molecule has 2 aromatic carbocycles. The van der Waals surface area contributed by atoms with E-state index in [-0.39, 0.29) is 11.3 Å². The zero-order valence-corrected chi connectivity index (χ0v) is 28.8. The molecule has 0 amide bonds. The van der Waals surface area contributed by atoms with E-state index in [2.05, 4.69) is 67.5 Å². The van der Waals surface area contributed by atoms with E-state index in [0.717, 1.165) is 91.2 Å². The Kier molecular flexibility index (Phi) is 9.24. The average Bonchev–Trinajstić information content (AvgIpc) is 3.21. The Labute approximate surface area is 278 Å². The van der Waals surface area contributed by atoms with Crippen LogP contribution in [0.5, 0.6) is 5.75 Å². The summed E-state index contributed by atoms with van der Waals surface area (Å²) in [6.07, 6.45) is 16.1. The van der Waals surface area contributed by atoms with Gasteiger partial charge in [0.25, 0.3) is 10.1 Å². The van der Waals surface area contributed by atoms with Crippen LogP contribution in [0, 0.1) is 5.92 Å². The summed E-state index contributed by atoms with van der Waals surface area (Å²) in [6.45, 7) is 11.4. The molecule has 4 aliphatic rings. The van der Waals surface area contributed by atoms with E-state index in [1.165, 1.54) is 29.3 Å². The summed E-state index contributed by atoms with van der Waals surface area (Å²) in [4.78, 5) is 13.5. The van der Waals surface area contributed by atoms with Crippen molar-refractivity contribution in [3.63, 3.8) is 0 Å². The van der Waals surface area contributed by atoms with Crippen molar-refractivity contribution in [3.8, 4) is 5.75 Å². The molecule has 0 saturated carbocycles. The van der Waals surface area contributed by atoms with Gasteiger partial charge < -0.3 is 14.7 Å². The van der Waals surface area contributed by atoms with Gasteiger partial charge in [-0.1, -0.05) is 26.0 Å². The van der Waals surface area contributed by atoms with E-state index in [4.69, 9.17) is 9.84 Å². The number of carboxylic acids is 1. The van der Waals surface area contributed by atoms with Crippen LogP contribution in [0.3, 0.4) is 0 Å². The zero-order valence-electron chi connectivity index (χ0n) is 28.0. The van der Waals surface area contributed by atoms with Gasteiger partial charge in [-0.3, -0.25) is 9.35 Å². The first-order valence-corrected chi connectivity index (χ1v) is 18.5. The monoisotopic (exact) mass is 659 g/mol. The van der Waals surface area contributed by atoms with Crippen LogP contribution >= 0.6 is 0 Å². The molecule has 0 atom stereocenters. The van der Waals surface area contributed by atoms with Crippen LogP contribution < -0.4 is 9.64 Å². The van der Waals surface area contributed by atoms with Crippen molar-refractivity contribution in [3.05, 3.63) is 76.6 Å². The van der Waals surface area contributed by atoms with Gasteiger partial charge in [0.2, 0.25) is 5.69 Å². The molecule has 0 unspecified atom stereocenters. The maximum Gasteiger partial charge on any atom is 0.303 e. The topological polar surface area (TPSA) is 107 Å². The number of aliphatic carboxylic acids is 1. The van der Waals surface area contributed by atoms with Gasteiger partial charge in [-0.25, -0.2) is 0 Å². The maximum absolute atomic E-state index is 12.1. The van der Waals surface area contributed by atoms with Crippen LogP contribution in [0.1, 0.15) is 94.9 Å². The second-order valence-electron chi connectivity index (χ2n) is 14.2. The standard InChI is InChI=1S/C38H46N2O6S/c1-25(2)21-28-22-26(31-23-27-12-9-18-39-19-10-13-30(36(27)39)37(31)46-28)11-8-14-34-38(3,4)32-24-29(47(43,44)45)16-17-33(32)40(34)20-7-5-6-15-35(41)42/h8,11,14,16-17,22-25H,5-7,9-10,12-13,15,18-21H2,1-4H3,(H-,41,42,43,44,45)/p+1. The molecular weight excluding hydrogens is 612 g/mol. The largest absolute Gasteiger partial charge is 0.481 e. The van der Waals surface area contributed by atoms with E-state index in [1.54, 1.807) is 12.1 Å². The molecule has 2 N–H and O–H groups in total. The first-order valence-electron chi connectivity index (χ1n) is 17.0. The third-order valence-corrected chi connectivity index (χ3v) is 10.8. The molecule has 0 bridgehead atoms. The lowest BCUT2D eigenvalue weighted by atomic mass is 9.81. The zero-order chi connectivity index (χ0) is 33.5. The molecular formula is C38H47N2O6S+. The number of fused-ring (bicyclic) bond motifs is 3. The Morgan fingerprint density at radius 2 is 1.87 bits per heavy atom. The van der Waals surface area contributed by atoms with Crippen molar-refractivity contribution in [2.75, 3.05) is 24.5 Å². The van der Waals surface area contributed by atoms with Crippen molar-refractivity contribution in [2.24, 2.45) is 5.92 Å². The molecule has 4 heterocycles. The number of carboxylic acid groups (broad SMARTS) is 1.